The first kappa shape index (κ1) is 16.5. The van der Waals surface area contributed by atoms with Crippen LogP contribution in [0.4, 0.5) is 0 Å². The Morgan fingerprint density at radius 2 is 1.07 bits per heavy atom. The van der Waals surface area contributed by atoms with Gasteiger partial charge in [-0.2, -0.15) is 0 Å². The minimum Gasteiger partial charge on any atom is -1.00 e. The Morgan fingerprint density at radius 3 is 1.21 bits per heavy atom. The Balaban J connectivity index is -0.000000240. The Labute approximate surface area is 106 Å². The van der Waals surface area contributed by atoms with Gasteiger partial charge in [0.2, 0.25) is 0 Å². The second-order valence-electron chi connectivity index (χ2n) is 5.52. The summed E-state index contributed by atoms with van der Waals surface area (Å²) < 4.78 is 0. The summed E-state index contributed by atoms with van der Waals surface area (Å²) in [6.45, 7) is 11.0. The summed E-state index contributed by atoms with van der Waals surface area (Å²) in [5, 5.41) is 0. The number of carbonyl (C=O) groups is 2. The van der Waals surface area contributed by atoms with Gasteiger partial charge in [-0.3, -0.25) is 9.59 Å². The smallest absolute Gasteiger partial charge is 1.00 e. The van der Waals surface area contributed by atoms with Crippen LogP contribution in [0.1, 0.15) is 50.8 Å². The summed E-state index contributed by atoms with van der Waals surface area (Å²) in [4.78, 5) is 23.0. The zero-order valence-corrected chi connectivity index (χ0v) is 11.6. The molecule has 0 saturated carbocycles. The molecule has 0 aliphatic rings. The van der Waals surface area contributed by atoms with E-state index in [-0.39, 0.29) is 43.9 Å². The second kappa shape index (κ2) is 5.26. The molecule has 0 fully saturated rings. The number of Topliss-reactive ketones (excluding diaryl/α,β-unsaturated/α-hetero) is 2. The number of rotatable bonds is 2. The van der Waals surface area contributed by atoms with E-state index >= 15 is 0 Å². The maximum atomic E-state index is 11.5. The molecule has 0 radical (unpaired) electrons. The van der Waals surface area contributed by atoms with Crippen LogP contribution in [-0.2, 0) is 9.59 Å². The van der Waals surface area contributed by atoms with E-state index in [9.17, 15) is 9.59 Å². The third kappa shape index (κ3) is 5.76. The van der Waals surface area contributed by atoms with Crippen molar-refractivity contribution >= 4 is 34.6 Å². The largest absolute Gasteiger partial charge is 2.00 e. The van der Waals surface area contributed by atoms with Crippen molar-refractivity contribution in [2.75, 3.05) is 0 Å². The predicted octanol–water partition coefficient (Wildman–Crippen LogP) is 2.45. The number of carbonyl (C=O) groups excluding carboxylic acids is 2. The third-order valence-corrected chi connectivity index (χ3v) is 1.99. The van der Waals surface area contributed by atoms with Crippen molar-refractivity contribution in [3.63, 3.8) is 0 Å². The SMILES string of the molecule is CC(C)(C)C(=O)CC(=O)C(C)(C)C.[H-].[H-].[Mg+2]. The number of ketones is 2. The van der Waals surface area contributed by atoms with E-state index in [1.54, 1.807) is 0 Å². The second-order valence-corrected chi connectivity index (χ2v) is 5.52. The van der Waals surface area contributed by atoms with Crippen molar-refractivity contribution in [1.29, 1.82) is 0 Å². The Morgan fingerprint density at radius 1 is 0.857 bits per heavy atom. The van der Waals surface area contributed by atoms with Crippen LogP contribution in [0.15, 0.2) is 0 Å². The van der Waals surface area contributed by atoms with Gasteiger partial charge in [-0.05, 0) is 0 Å². The van der Waals surface area contributed by atoms with Gasteiger partial charge in [0.25, 0.3) is 0 Å². The van der Waals surface area contributed by atoms with E-state index in [4.69, 9.17) is 0 Å². The van der Waals surface area contributed by atoms with Gasteiger partial charge in [0, 0.05) is 10.8 Å². The fourth-order valence-corrected chi connectivity index (χ4v) is 0.676. The molecule has 80 valence electrons. The van der Waals surface area contributed by atoms with E-state index < -0.39 is 10.8 Å². The Bertz CT molecular complexity index is 203. The van der Waals surface area contributed by atoms with Gasteiger partial charge in [-0.1, -0.05) is 41.5 Å². The summed E-state index contributed by atoms with van der Waals surface area (Å²) in [7, 11) is 0. The van der Waals surface area contributed by atoms with E-state index in [0.717, 1.165) is 0 Å². The molecule has 0 spiro atoms. The fourth-order valence-electron chi connectivity index (χ4n) is 0.676. The molecular weight excluding hydrogens is 188 g/mol. The molecule has 14 heavy (non-hydrogen) atoms. The van der Waals surface area contributed by atoms with Crippen LogP contribution in [0.25, 0.3) is 0 Å². The van der Waals surface area contributed by atoms with Crippen molar-refractivity contribution in [3.8, 4) is 0 Å². The third-order valence-electron chi connectivity index (χ3n) is 1.99. The molecule has 0 atom stereocenters. The van der Waals surface area contributed by atoms with E-state index in [1.807, 2.05) is 41.5 Å². The molecule has 0 amide bonds. The summed E-state index contributed by atoms with van der Waals surface area (Å²) in [6, 6.07) is 0. The standard InChI is InChI=1S/C11H20O2.Mg.2H/c1-10(2,3)8(12)7-9(13)11(4,5)6;;;/h7H2,1-6H3;;;/q;+2;2*-1. The van der Waals surface area contributed by atoms with Crippen molar-refractivity contribution < 1.29 is 12.4 Å². The minimum absolute atomic E-state index is 0. The molecule has 0 aliphatic heterocycles. The van der Waals surface area contributed by atoms with Crippen molar-refractivity contribution in [3.05, 3.63) is 0 Å². The summed E-state index contributed by atoms with van der Waals surface area (Å²) in [5.74, 6) is 0.0415. The molecule has 0 rings (SSSR count). The summed E-state index contributed by atoms with van der Waals surface area (Å²) in [6.07, 6.45) is 0.0625. The molecule has 0 bridgehead atoms. The van der Waals surface area contributed by atoms with Gasteiger partial charge in [0.05, 0.1) is 6.42 Å². The average molecular weight is 211 g/mol. The van der Waals surface area contributed by atoms with Crippen LogP contribution in [0, 0.1) is 10.8 Å². The monoisotopic (exact) mass is 210 g/mol. The van der Waals surface area contributed by atoms with Crippen molar-refractivity contribution in [1.82, 2.24) is 0 Å². The minimum atomic E-state index is -0.402. The number of hydrogen-bond acceptors (Lipinski definition) is 2. The van der Waals surface area contributed by atoms with Crippen LogP contribution in [-0.4, -0.2) is 34.6 Å². The topological polar surface area (TPSA) is 34.1 Å². The molecule has 0 heterocycles. The van der Waals surface area contributed by atoms with Gasteiger partial charge in [-0.25, -0.2) is 0 Å². The molecule has 2 nitrogen and oxygen atoms in total. The molecular formula is C11H22MgO2. The Kier molecular flexibility index (Phi) is 6.21. The Hall–Kier alpha value is 0.106. The fraction of sp³-hybridized carbons (Fsp3) is 0.818. The zero-order chi connectivity index (χ0) is 10.9. The average Bonchev–Trinajstić information content (AvgIpc) is 1.82. The molecule has 0 saturated heterocycles. The van der Waals surface area contributed by atoms with Crippen LogP contribution >= 0.6 is 0 Å². The number of hydrogen-bond donors (Lipinski definition) is 0. The normalized spacial score (nSPS) is 11.9. The van der Waals surface area contributed by atoms with Crippen LogP contribution in [0.3, 0.4) is 0 Å². The first-order chi connectivity index (χ1) is 5.55. The van der Waals surface area contributed by atoms with Crippen molar-refractivity contribution in [2.45, 2.75) is 48.0 Å². The van der Waals surface area contributed by atoms with Crippen LogP contribution in [0.2, 0.25) is 0 Å². The van der Waals surface area contributed by atoms with E-state index in [1.165, 1.54) is 0 Å². The van der Waals surface area contributed by atoms with E-state index in [2.05, 4.69) is 0 Å². The summed E-state index contributed by atoms with van der Waals surface area (Å²) in [5.41, 5.74) is -0.804. The molecule has 0 N–H and O–H groups in total. The van der Waals surface area contributed by atoms with Gasteiger partial charge in [0.1, 0.15) is 11.6 Å². The van der Waals surface area contributed by atoms with Gasteiger partial charge >= 0.3 is 23.1 Å². The van der Waals surface area contributed by atoms with Gasteiger partial charge in [-0.15, -0.1) is 0 Å². The molecule has 0 aromatic rings. The van der Waals surface area contributed by atoms with E-state index in [0.29, 0.717) is 0 Å². The molecule has 0 aliphatic carbocycles. The first-order valence-electron chi connectivity index (χ1n) is 4.62. The maximum Gasteiger partial charge on any atom is 2.00 e. The predicted molar refractivity (Wildman–Crippen MR) is 61.5 cm³/mol. The molecule has 0 unspecified atom stereocenters. The van der Waals surface area contributed by atoms with Crippen LogP contribution in [0.5, 0.6) is 0 Å². The molecule has 0 aromatic carbocycles. The van der Waals surface area contributed by atoms with Gasteiger partial charge in [0.15, 0.2) is 0 Å². The van der Waals surface area contributed by atoms with Crippen LogP contribution < -0.4 is 0 Å². The van der Waals surface area contributed by atoms with Gasteiger partial charge < -0.3 is 2.85 Å². The summed E-state index contributed by atoms with van der Waals surface area (Å²) >= 11 is 0. The van der Waals surface area contributed by atoms with Crippen molar-refractivity contribution in [2.24, 2.45) is 10.8 Å². The molecule has 3 heteroatoms. The maximum absolute atomic E-state index is 11.5. The zero-order valence-electron chi connectivity index (χ0n) is 12.2. The first-order valence-corrected chi connectivity index (χ1v) is 4.62. The molecule has 0 aromatic heterocycles. The quantitative estimate of drug-likeness (QED) is 0.518.